The Morgan fingerprint density at radius 1 is 1.05 bits per heavy atom. The average Bonchev–Trinajstić information content (AvgIpc) is 2.41. The third kappa shape index (κ3) is 3.27. The summed E-state index contributed by atoms with van der Waals surface area (Å²) in [6.45, 7) is 11.1. The fourth-order valence-corrected chi connectivity index (χ4v) is 2.11. The monoisotopic (exact) mass is 268 g/mol. The minimum atomic E-state index is 0.0706. The quantitative estimate of drug-likeness (QED) is 0.653. The van der Waals surface area contributed by atoms with Crippen LogP contribution < -0.4 is 0 Å². The summed E-state index contributed by atoms with van der Waals surface area (Å²) in [7, 11) is 0. The van der Waals surface area contributed by atoms with E-state index < -0.39 is 0 Å². The van der Waals surface area contributed by atoms with Gasteiger partial charge in [-0.05, 0) is 23.1 Å². The number of rotatable bonds is 3. The highest BCUT2D eigenvalue weighted by Crippen LogP contribution is 2.28. The molecule has 0 amide bonds. The molecule has 0 radical (unpaired) electrons. The summed E-state index contributed by atoms with van der Waals surface area (Å²) in [5, 5.41) is 10.0. The van der Waals surface area contributed by atoms with Crippen molar-refractivity contribution in [2.24, 2.45) is 0 Å². The van der Waals surface area contributed by atoms with Crippen LogP contribution in [0, 0.1) is 0 Å². The van der Waals surface area contributed by atoms with Gasteiger partial charge in [-0.15, -0.1) is 0 Å². The van der Waals surface area contributed by atoms with Gasteiger partial charge in [0, 0.05) is 12.1 Å². The molecule has 2 aromatic rings. The first-order valence-electron chi connectivity index (χ1n) is 6.83. The predicted molar refractivity (Wildman–Crippen MR) is 84.0 cm³/mol. The molecule has 0 fully saturated rings. The Morgan fingerprint density at radius 2 is 1.70 bits per heavy atom. The molecule has 0 bridgehead atoms. The first-order chi connectivity index (χ1) is 9.38. The molecule has 2 aromatic carbocycles. The molecule has 2 nitrogen and oxygen atoms in total. The third-order valence-corrected chi connectivity index (χ3v) is 3.43. The summed E-state index contributed by atoms with van der Waals surface area (Å²) >= 11 is 0. The van der Waals surface area contributed by atoms with Gasteiger partial charge in [0.1, 0.15) is 12.5 Å². The van der Waals surface area contributed by atoms with Crippen molar-refractivity contribution in [2.75, 3.05) is 0 Å². The van der Waals surface area contributed by atoms with E-state index in [4.69, 9.17) is 0 Å². The lowest BCUT2D eigenvalue weighted by molar-refractivity contribution is -0.448. The van der Waals surface area contributed by atoms with E-state index >= 15 is 0 Å². The number of benzene rings is 2. The van der Waals surface area contributed by atoms with E-state index in [1.165, 1.54) is 5.56 Å². The van der Waals surface area contributed by atoms with Crippen LogP contribution >= 0.6 is 0 Å². The Balaban J connectivity index is 2.27. The van der Waals surface area contributed by atoms with Crippen LogP contribution in [-0.2, 0) is 12.0 Å². The highest BCUT2D eigenvalue weighted by Gasteiger charge is 2.17. The topological polar surface area (TPSA) is 23.2 Å². The normalized spacial score (nSPS) is 11.3. The summed E-state index contributed by atoms with van der Waals surface area (Å²) in [5.41, 5.74) is 3.22. The zero-order valence-electron chi connectivity index (χ0n) is 12.4. The van der Waals surface area contributed by atoms with Crippen molar-refractivity contribution in [1.29, 1.82) is 0 Å². The van der Waals surface area contributed by atoms with Gasteiger partial charge in [-0.2, -0.15) is 0 Å². The molecule has 104 valence electrons. The molecule has 0 saturated heterocycles. The second-order valence-electron chi connectivity index (χ2n) is 6.13. The van der Waals surface area contributed by atoms with Crippen LogP contribution in [0.4, 0.5) is 5.69 Å². The second kappa shape index (κ2) is 5.49. The molecule has 0 aliphatic heterocycles. The van der Waals surface area contributed by atoms with Crippen molar-refractivity contribution >= 4 is 12.4 Å². The molecule has 0 heterocycles. The molecule has 0 spiro atoms. The van der Waals surface area contributed by atoms with Crippen molar-refractivity contribution in [3.05, 3.63) is 59.7 Å². The lowest BCUT2D eigenvalue weighted by atomic mass is 9.86. The Kier molecular flexibility index (Phi) is 3.93. The molecule has 0 aliphatic rings. The fourth-order valence-electron chi connectivity index (χ4n) is 2.11. The van der Waals surface area contributed by atoms with Gasteiger partial charge in [-0.1, -0.05) is 45.0 Å². The molecule has 0 aliphatic carbocycles. The number of phenols is 1. The maximum absolute atomic E-state index is 10.0. The molecule has 0 unspecified atom stereocenters. The van der Waals surface area contributed by atoms with E-state index in [9.17, 15) is 5.11 Å². The van der Waals surface area contributed by atoms with Gasteiger partial charge in [0.15, 0.2) is 6.54 Å². The Hall–Kier alpha value is -2.09. The van der Waals surface area contributed by atoms with Crippen LogP contribution in [0.1, 0.15) is 31.9 Å². The van der Waals surface area contributed by atoms with Gasteiger partial charge in [0.25, 0.3) is 0 Å². The summed E-state index contributed by atoms with van der Waals surface area (Å²) < 4.78 is 1.89. The van der Waals surface area contributed by atoms with Crippen LogP contribution in [-0.4, -0.2) is 16.4 Å². The minimum Gasteiger partial charge on any atom is -0.507 e. The molecule has 2 heteroatoms. The van der Waals surface area contributed by atoms with Gasteiger partial charge in [-0.25, -0.2) is 4.58 Å². The summed E-state index contributed by atoms with van der Waals surface area (Å²) in [4.78, 5) is 0. The largest absolute Gasteiger partial charge is 0.507 e. The molecular weight excluding hydrogens is 246 g/mol. The number of hydrogen-bond acceptors (Lipinski definition) is 1. The number of aromatic hydroxyl groups is 1. The van der Waals surface area contributed by atoms with E-state index in [0.29, 0.717) is 12.3 Å². The molecule has 1 N–H and O–H groups in total. The Morgan fingerprint density at radius 3 is 2.30 bits per heavy atom. The highest BCUT2D eigenvalue weighted by atomic mass is 16.3. The number of hydrogen-bond donors (Lipinski definition) is 1. The van der Waals surface area contributed by atoms with Crippen LogP contribution in [0.15, 0.2) is 48.5 Å². The van der Waals surface area contributed by atoms with Crippen LogP contribution in [0.25, 0.3) is 0 Å². The molecule has 20 heavy (non-hydrogen) atoms. The maximum atomic E-state index is 10.0. The third-order valence-electron chi connectivity index (χ3n) is 3.43. The van der Waals surface area contributed by atoms with Gasteiger partial charge in [0.05, 0.1) is 5.56 Å². The second-order valence-corrected chi connectivity index (χ2v) is 6.13. The Bertz CT molecular complexity index is 609. The molecule has 0 atom stereocenters. The predicted octanol–water partition coefficient (Wildman–Crippen LogP) is 4.23. The molecule has 0 saturated carbocycles. The van der Waals surface area contributed by atoms with E-state index in [1.54, 1.807) is 6.07 Å². The van der Waals surface area contributed by atoms with Gasteiger partial charge < -0.3 is 5.11 Å². The summed E-state index contributed by atoms with van der Waals surface area (Å²) in [6.07, 6.45) is 0. The number of para-hydroxylation sites is 1. The first-order valence-corrected chi connectivity index (χ1v) is 6.83. The van der Waals surface area contributed by atoms with Gasteiger partial charge in [0.2, 0.25) is 5.69 Å². The van der Waals surface area contributed by atoms with Crippen molar-refractivity contribution < 1.29 is 9.68 Å². The van der Waals surface area contributed by atoms with Crippen LogP contribution in [0.2, 0.25) is 0 Å². The van der Waals surface area contributed by atoms with Crippen molar-refractivity contribution in [1.82, 2.24) is 0 Å². The minimum absolute atomic E-state index is 0.0706. The number of nitrogens with zero attached hydrogens (tertiary/aromatic N) is 1. The first kappa shape index (κ1) is 14.3. The molecule has 2 rings (SSSR count). The molecule has 0 aromatic heterocycles. The van der Waals surface area contributed by atoms with Crippen molar-refractivity contribution in [3.8, 4) is 5.75 Å². The summed E-state index contributed by atoms with van der Waals surface area (Å²) in [5.74, 6) is 0.322. The van der Waals surface area contributed by atoms with E-state index in [0.717, 1.165) is 11.3 Å². The van der Waals surface area contributed by atoms with Gasteiger partial charge in [-0.3, -0.25) is 0 Å². The van der Waals surface area contributed by atoms with E-state index in [1.807, 2.05) is 41.0 Å². The Labute approximate surface area is 121 Å². The summed E-state index contributed by atoms with van der Waals surface area (Å²) in [6, 6.07) is 15.8. The highest BCUT2D eigenvalue weighted by molar-refractivity contribution is 5.40. The lowest BCUT2D eigenvalue weighted by Gasteiger charge is -2.20. The lowest BCUT2D eigenvalue weighted by Crippen LogP contribution is -2.12. The van der Waals surface area contributed by atoms with Crippen molar-refractivity contribution in [3.63, 3.8) is 0 Å². The van der Waals surface area contributed by atoms with Crippen LogP contribution in [0.5, 0.6) is 5.75 Å². The number of phenolic OH excluding ortho intramolecular Hbond substituents is 1. The van der Waals surface area contributed by atoms with Gasteiger partial charge >= 0.3 is 0 Å². The average molecular weight is 268 g/mol. The maximum Gasteiger partial charge on any atom is 0.204 e. The fraction of sp³-hybridized carbons (Fsp3) is 0.278. The molecular formula is C18H22NO+. The zero-order chi connectivity index (χ0) is 14.8. The van der Waals surface area contributed by atoms with E-state index in [-0.39, 0.29) is 5.41 Å². The van der Waals surface area contributed by atoms with Crippen molar-refractivity contribution in [2.45, 2.75) is 32.7 Å². The zero-order valence-corrected chi connectivity index (χ0v) is 12.4. The standard InChI is InChI=1S/C18H21NO/c1-18(2,3)15-10-11-17(20)14(12-15)13-19(4)16-8-6-5-7-9-16/h5-12H,4,13H2,1-3H3/p+1. The smallest absolute Gasteiger partial charge is 0.204 e. The van der Waals surface area contributed by atoms with Crippen LogP contribution in [0.3, 0.4) is 0 Å². The van der Waals surface area contributed by atoms with E-state index in [2.05, 4.69) is 33.6 Å². The SMILES string of the molecule is C=[N+](Cc1cc(C(C)(C)C)ccc1O)c1ccccc1.